The molecule has 0 saturated carbocycles. The van der Waals surface area contributed by atoms with E-state index in [2.05, 4.69) is 20.6 Å². The lowest BCUT2D eigenvalue weighted by atomic mass is 10.3. The Labute approximate surface area is 117 Å². The minimum absolute atomic E-state index is 0.212. The van der Waals surface area contributed by atoms with Crippen molar-refractivity contribution in [3.05, 3.63) is 23.8 Å². The fourth-order valence-corrected chi connectivity index (χ4v) is 1.95. The maximum atomic E-state index is 12.0. The zero-order valence-electron chi connectivity index (χ0n) is 11.6. The standard InChI is InChI=1S/C13H19N5O2/c1-10-7-16-11(8-15-10)9-17-12(19)13(20)18-5-2-3-14-4-6-18/h7-8,14H,2-6,9H2,1H3,(H,17,19). The lowest BCUT2D eigenvalue weighted by molar-refractivity contribution is -0.145. The summed E-state index contributed by atoms with van der Waals surface area (Å²) in [5, 5.41) is 5.77. The second-order valence-corrected chi connectivity index (χ2v) is 4.73. The van der Waals surface area contributed by atoms with E-state index in [9.17, 15) is 9.59 Å². The van der Waals surface area contributed by atoms with Crippen molar-refractivity contribution in [2.45, 2.75) is 19.9 Å². The molecular weight excluding hydrogens is 258 g/mol. The number of aryl methyl sites for hydroxylation is 1. The third-order valence-corrected chi connectivity index (χ3v) is 3.09. The van der Waals surface area contributed by atoms with Crippen molar-refractivity contribution in [3.63, 3.8) is 0 Å². The Morgan fingerprint density at radius 1 is 1.30 bits per heavy atom. The van der Waals surface area contributed by atoms with Gasteiger partial charge in [0.25, 0.3) is 0 Å². The summed E-state index contributed by atoms with van der Waals surface area (Å²) in [5.41, 5.74) is 1.45. The van der Waals surface area contributed by atoms with Crippen molar-refractivity contribution in [2.75, 3.05) is 26.2 Å². The quantitative estimate of drug-likeness (QED) is 0.693. The van der Waals surface area contributed by atoms with Crippen LogP contribution < -0.4 is 10.6 Å². The van der Waals surface area contributed by atoms with Gasteiger partial charge >= 0.3 is 11.8 Å². The van der Waals surface area contributed by atoms with E-state index in [1.807, 2.05) is 6.92 Å². The topological polar surface area (TPSA) is 87.2 Å². The molecule has 1 aliphatic rings. The highest BCUT2D eigenvalue weighted by atomic mass is 16.2. The zero-order chi connectivity index (χ0) is 14.4. The van der Waals surface area contributed by atoms with E-state index in [4.69, 9.17) is 0 Å². The van der Waals surface area contributed by atoms with Gasteiger partial charge in [-0.05, 0) is 19.9 Å². The first-order chi connectivity index (χ1) is 9.66. The third-order valence-electron chi connectivity index (χ3n) is 3.09. The molecule has 1 saturated heterocycles. The minimum Gasteiger partial charge on any atom is -0.342 e. The van der Waals surface area contributed by atoms with Gasteiger partial charge in [-0.15, -0.1) is 0 Å². The summed E-state index contributed by atoms with van der Waals surface area (Å²) >= 11 is 0. The normalized spacial score (nSPS) is 15.6. The van der Waals surface area contributed by atoms with E-state index in [-0.39, 0.29) is 6.54 Å². The van der Waals surface area contributed by atoms with Gasteiger partial charge in [0.05, 0.1) is 24.1 Å². The summed E-state index contributed by atoms with van der Waals surface area (Å²) in [6.07, 6.45) is 4.09. The van der Waals surface area contributed by atoms with Gasteiger partial charge in [-0.3, -0.25) is 19.6 Å². The summed E-state index contributed by atoms with van der Waals surface area (Å²) in [7, 11) is 0. The molecule has 7 nitrogen and oxygen atoms in total. The van der Waals surface area contributed by atoms with Gasteiger partial charge in [0.15, 0.2) is 0 Å². The van der Waals surface area contributed by atoms with Crippen LogP contribution in [0.3, 0.4) is 0 Å². The molecular formula is C13H19N5O2. The van der Waals surface area contributed by atoms with E-state index < -0.39 is 11.8 Å². The molecule has 0 atom stereocenters. The molecule has 7 heteroatoms. The Kier molecular flexibility index (Phi) is 5.00. The second-order valence-electron chi connectivity index (χ2n) is 4.73. The van der Waals surface area contributed by atoms with Gasteiger partial charge in [0.2, 0.25) is 0 Å². The van der Waals surface area contributed by atoms with E-state index in [0.29, 0.717) is 18.8 Å². The van der Waals surface area contributed by atoms with Crippen LogP contribution in [0.2, 0.25) is 0 Å². The van der Waals surface area contributed by atoms with Crippen LogP contribution in [0.15, 0.2) is 12.4 Å². The van der Waals surface area contributed by atoms with Gasteiger partial charge in [-0.2, -0.15) is 0 Å². The van der Waals surface area contributed by atoms with E-state index in [0.717, 1.165) is 25.2 Å². The molecule has 108 valence electrons. The third kappa shape index (κ3) is 3.99. The van der Waals surface area contributed by atoms with Crippen molar-refractivity contribution in [1.82, 2.24) is 25.5 Å². The van der Waals surface area contributed by atoms with Crippen molar-refractivity contribution >= 4 is 11.8 Å². The summed E-state index contributed by atoms with van der Waals surface area (Å²) < 4.78 is 0. The molecule has 1 aromatic heterocycles. The smallest absolute Gasteiger partial charge is 0.311 e. The largest absolute Gasteiger partial charge is 0.342 e. The SMILES string of the molecule is Cc1cnc(CNC(=O)C(=O)N2CCCNCC2)cn1. The number of nitrogens with one attached hydrogen (secondary N) is 2. The van der Waals surface area contributed by atoms with Crippen LogP contribution in [0, 0.1) is 6.92 Å². The summed E-state index contributed by atoms with van der Waals surface area (Å²) in [6, 6.07) is 0. The Balaban J connectivity index is 1.84. The Bertz CT molecular complexity index is 466. The number of carbonyl (C=O) groups is 2. The van der Waals surface area contributed by atoms with Crippen LogP contribution >= 0.6 is 0 Å². The molecule has 0 bridgehead atoms. The van der Waals surface area contributed by atoms with E-state index >= 15 is 0 Å². The average molecular weight is 277 g/mol. The fraction of sp³-hybridized carbons (Fsp3) is 0.538. The fourth-order valence-electron chi connectivity index (χ4n) is 1.95. The summed E-state index contributed by atoms with van der Waals surface area (Å²) in [4.78, 5) is 33.6. The highest BCUT2D eigenvalue weighted by Crippen LogP contribution is 1.98. The predicted octanol–water partition coefficient (Wildman–Crippen LogP) is -0.777. The number of hydrogen-bond acceptors (Lipinski definition) is 5. The number of nitrogens with zero attached hydrogens (tertiary/aromatic N) is 3. The Hall–Kier alpha value is -2.02. The lowest BCUT2D eigenvalue weighted by Crippen LogP contribution is -2.44. The van der Waals surface area contributed by atoms with Crippen molar-refractivity contribution in [2.24, 2.45) is 0 Å². The molecule has 20 heavy (non-hydrogen) atoms. The highest BCUT2D eigenvalue weighted by Gasteiger charge is 2.22. The van der Waals surface area contributed by atoms with Gasteiger partial charge < -0.3 is 15.5 Å². The van der Waals surface area contributed by atoms with Crippen molar-refractivity contribution in [1.29, 1.82) is 0 Å². The maximum Gasteiger partial charge on any atom is 0.311 e. The number of hydrogen-bond donors (Lipinski definition) is 2. The number of carbonyl (C=O) groups excluding carboxylic acids is 2. The van der Waals surface area contributed by atoms with Crippen LogP contribution in [0.5, 0.6) is 0 Å². The van der Waals surface area contributed by atoms with Gasteiger partial charge in [-0.1, -0.05) is 0 Å². The molecule has 2 rings (SSSR count). The van der Waals surface area contributed by atoms with Crippen LogP contribution in [-0.2, 0) is 16.1 Å². The van der Waals surface area contributed by atoms with Crippen LogP contribution in [0.1, 0.15) is 17.8 Å². The van der Waals surface area contributed by atoms with E-state index in [1.54, 1.807) is 17.3 Å². The Morgan fingerprint density at radius 2 is 2.15 bits per heavy atom. The van der Waals surface area contributed by atoms with E-state index in [1.165, 1.54) is 0 Å². The lowest BCUT2D eigenvalue weighted by Gasteiger charge is -2.18. The minimum atomic E-state index is -0.589. The van der Waals surface area contributed by atoms with Crippen molar-refractivity contribution in [3.8, 4) is 0 Å². The molecule has 1 aliphatic heterocycles. The molecule has 0 aliphatic carbocycles. The molecule has 0 unspecified atom stereocenters. The molecule has 0 spiro atoms. The molecule has 2 N–H and O–H groups in total. The highest BCUT2D eigenvalue weighted by molar-refractivity contribution is 6.34. The Morgan fingerprint density at radius 3 is 2.90 bits per heavy atom. The molecule has 2 heterocycles. The van der Waals surface area contributed by atoms with Crippen molar-refractivity contribution < 1.29 is 9.59 Å². The monoisotopic (exact) mass is 277 g/mol. The maximum absolute atomic E-state index is 12.0. The summed E-state index contributed by atoms with van der Waals surface area (Å²) in [5.74, 6) is -1.07. The van der Waals surface area contributed by atoms with Crippen LogP contribution in [0.25, 0.3) is 0 Å². The first-order valence-corrected chi connectivity index (χ1v) is 6.72. The average Bonchev–Trinajstić information content (AvgIpc) is 2.74. The molecule has 1 aromatic rings. The molecule has 0 radical (unpaired) electrons. The zero-order valence-corrected chi connectivity index (χ0v) is 11.6. The molecule has 2 amide bonds. The second kappa shape index (κ2) is 6.95. The number of amides is 2. The van der Waals surface area contributed by atoms with Crippen LogP contribution in [-0.4, -0.2) is 52.9 Å². The predicted molar refractivity (Wildman–Crippen MR) is 72.7 cm³/mol. The molecule has 1 fully saturated rings. The van der Waals surface area contributed by atoms with Gasteiger partial charge in [0.1, 0.15) is 0 Å². The van der Waals surface area contributed by atoms with Gasteiger partial charge in [-0.25, -0.2) is 0 Å². The van der Waals surface area contributed by atoms with Gasteiger partial charge in [0, 0.05) is 25.8 Å². The first kappa shape index (κ1) is 14.4. The van der Waals surface area contributed by atoms with Crippen LogP contribution in [0.4, 0.5) is 0 Å². The number of rotatable bonds is 2. The summed E-state index contributed by atoms with van der Waals surface area (Å²) in [6.45, 7) is 4.84. The molecule has 0 aromatic carbocycles. The first-order valence-electron chi connectivity index (χ1n) is 6.72. The number of aromatic nitrogens is 2.